The third-order valence-electron chi connectivity index (χ3n) is 2.82. The highest BCUT2D eigenvalue weighted by Gasteiger charge is 2.10. The molecule has 0 aliphatic carbocycles. The van der Waals surface area contributed by atoms with Crippen molar-refractivity contribution in [3.05, 3.63) is 0 Å². The minimum absolute atomic E-state index is 0.110. The summed E-state index contributed by atoms with van der Waals surface area (Å²) in [5.41, 5.74) is 0. The van der Waals surface area contributed by atoms with E-state index in [-0.39, 0.29) is 18.4 Å². The average molecular weight is 301 g/mol. The third-order valence-corrected chi connectivity index (χ3v) is 2.82. The van der Waals surface area contributed by atoms with Crippen molar-refractivity contribution in [2.75, 3.05) is 33.8 Å². The van der Waals surface area contributed by atoms with Crippen LogP contribution in [0.2, 0.25) is 0 Å². The van der Waals surface area contributed by atoms with Gasteiger partial charge in [-0.3, -0.25) is 19.8 Å². The minimum Gasteiger partial charge on any atom is -0.469 e. The van der Waals surface area contributed by atoms with Crippen LogP contribution in [-0.4, -0.2) is 56.6 Å². The number of urea groups is 1. The predicted molar refractivity (Wildman–Crippen MR) is 79.7 cm³/mol. The fourth-order valence-corrected chi connectivity index (χ4v) is 1.60. The quantitative estimate of drug-likeness (QED) is 0.613. The van der Waals surface area contributed by atoms with Gasteiger partial charge in [0.05, 0.1) is 13.7 Å². The molecule has 2 N–H and O–H groups in total. The summed E-state index contributed by atoms with van der Waals surface area (Å²) in [6, 6.07) is -0.469. The van der Waals surface area contributed by atoms with Crippen LogP contribution in [-0.2, 0) is 14.3 Å². The molecule has 0 aromatic carbocycles. The zero-order valence-electron chi connectivity index (χ0n) is 13.4. The van der Waals surface area contributed by atoms with E-state index in [0.717, 1.165) is 6.42 Å². The van der Waals surface area contributed by atoms with Crippen LogP contribution in [0.3, 0.4) is 0 Å². The standard InChI is InChI=1S/C14H27N3O4/c1-11(2)7-8-15-14(20)16-12(18)10-17(3)9-5-6-13(19)21-4/h11H,5-10H2,1-4H3,(H2,15,16,18,20). The lowest BCUT2D eigenvalue weighted by atomic mass is 10.1. The summed E-state index contributed by atoms with van der Waals surface area (Å²) in [6.07, 6.45) is 1.80. The number of carbonyl (C=O) groups excluding carboxylic acids is 3. The van der Waals surface area contributed by atoms with E-state index in [1.54, 1.807) is 11.9 Å². The molecule has 0 saturated carbocycles. The second-order valence-corrected chi connectivity index (χ2v) is 5.40. The Labute approximate surface area is 126 Å². The highest BCUT2D eigenvalue weighted by Crippen LogP contribution is 1.96. The summed E-state index contributed by atoms with van der Waals surface area (Å²) in [5.74, 6) is -0.128. The van der Waals surface area contributed by atoms with Crippen molar-refractivity contribution in [3.63, 3.8) is 0 Å². The highest BCUT2D eigenvalue weighted by molar-refractivity contribution is 5.95. The first-order valence-corrected chi connectivity index (χ1v) is 7.18. The van der Waals surface area contributed by atoms with E-state index >= 15 is 0 Å². The SMILES string of the molecule is COC(=O)CCCN(C)CC(=O)NC(=O)NCCC(C)C. The van der Waals surface area contributed by atoms with E-state index in [1.165, 1.54) is 7.11 Å². The number of hydrogen-bond donors (Lipinski definition) is 2. The van der Waals surface area contributed by atoms with Crippen molar-refractivity contribution in [3.8, 4) is 0 Å². The van der Waals surface area contributed by atoms with Crippen molar-refractivity contribution in [1.29, 1.82) is 0 Å². The van der Waals surface area contributed by atoms with Gasteiger partial charge in [-0.05, 0) is 32.4 Å². The van der Waals surface area contributed by atoms with E-state index in [1.807, 2.05) is 0 Å². The highest BCUT2D eigenvalue weighted by atomic mass is 16.5. The number of nitrogens with one attached hydrogen (secondary N) is 2. The summed E-state index contributed by atoms with van der Waals surface area (Å²) in [4.78, 5) is 35.7. The molecular weight excluding hydrogens is 274 g/mol. The number of hydrogen-bond acceptors (Lipinski definition) is 5. The Balaban J connectivity index is 3.76. The van der Waals surface area contributed by atoms with Crippen LogP contribution in [0.15, 0.2) is 0 Å². The Hall–Kier alpha value is -1.63. The van der Waals surface area contributed by atoms with Gasteiger partial charge in [0.15, 0.2) is 0 Å². The summed E-state index contributed by atoms with van der Waals surface area (Å²) >= 11 is 0. The molecule has 0 unspecified atom stereocenters. The average Bonchev–Trinajstić information content (AvgIpc) is 2.37. The molecule has 21 heavy (non-hydrogen) atoms. The smallest absolute Gasteiger partial charge is 0.321 e. The number of esters is 1. The molecule has 0 fully saturated rings. The molecule has 0 radical (unpaired) electrons. The van der Waals surface area contributed by atoms with E-state index in [4.69, 9.17) is 0 Å². The molecule has 3 amide bonds. The molecule has 7 heteroatoms. The third kappa shape index (κ3) is 11.9. The molecule has 7 nitrogen and oxygen atoms in total. The maximum Gasteiger partial charge on any atom is 0.321 e. The topological polar surface area (TPSA) is 87.7 Å². The zero-order valence-corrected chi connectivity index (χ0v) is 13.4. The lowest BCUT2D eigenvalue weighted by molar-refractivity contribution is -0.140. The summed E-state index contributed by atoms with van der Waals surface area (Å²) in [5, 5.41) is 4.91. The first-order valence-electron chi connectivity index (χ1n) is 7.18. The fraction of sp³-hybridized carbons (Fsp3) is 0.786. The van der Waals surface area contributed by atoms with Crippen LogP contribution in [0.25, 0.3) is 0 Å². The summed E-state index contributed by atoms with van der Waals surface area (Å²) in [6.45, 7) is 5.37. The Bertz CT molecular complexity index is 345. The second kappa shape index (κ2) is 11.1. The Morgan fingerprint density at radius 1 is 1.24 bits per heavy atom. The second-order valence-electron chi connectivity index (χ2n) is 5.40. The molecule has 0 atom stereocenters. The van der Waals surface area contributed by atoms with Gasteiger partial charge in [0.2, 0.25) is 5.91 Å². The number of methoxy groups -OCH3 is 1. The van der Waals surface area contributed by atoms with Crippen molar-refractivity contribution >= 4 is 17.9 Å². The Kier molecular flexibility index (Phi) is 10.2. The largest absolute Gasteiger partial charge is 0.469 e. The van der Waals surface area contributed by atoms with Crippen molar-refractivity contribution < 1.29 is 19.1 Å². The van der Waals surface area contributed by atoms with Crippen LogP contribution in [0.4, 0.5) is 4.79 Å². The Morgan fingerprint density at radius 3 is 2.48 bits per heavy atom. The maximum absolute atomic E-state index is 11.6. The molecular formula is C14H27N3O4. The number of carbonyl (C=O) groups is 3. The number of rotatable bonds is 9. The van der Waals surface area contributed by atoms with Gasteiger partial charge < -0.3 is 10.1 Å². The fourth-order valence-electron chi connectivity index (χ4n) is 1.60. The zero-order chi connectivity index (χ0) is 16.3. The first-order chi connectivity index (χ1) is 9.85. The molecule has 0 spiro atoms. The van der Waals surface area contributed by atoms with Crippen LogP contribution in [0.5, 0.6) is 0 Å². The number of likely N-dealkylation sites (N-methyl/N-ethyl adjacent to an activating group) is 1. The van der Waals surface area contributed by atoms with Gasteiger partial charge in [-0.15, -0.1) is 0 Å². The van der Waals surface area contributed by atoms with Gasteiger partial charge in [0.1, 0.15) is 0 Å². The molecule has 0 bridgehead atoms. The van der Waals surface area contributed by atoms with E-state index in [9.17, 15) is 14.4 Å². The number of amides is 3. The molecule has 0 aliphatic rings. The summed E-state index contributed by atoms with van der Waals surface area (Å²) < 4.78 is 4.53. The molecule has 0 rings (SSSR count). The molecule has 122 valence electrons. The van der Waals surface area contributed by atoms with Crippen molar-refractivity contribution in [1.82, 2.24) is 15.5 Å². The van der Waals surface area contributed by atoms with E-state index < -0.39 is 6.03 Å². The van der Waals surface area contributed by atoms with Crippen molar-refractivity contribution in [2.45, 2.75) is 33.1 Å². The monoisotopic (exact) mass is 301 g/mol. The maximum atomic E-state index is 11.6. The van der Waals surface area contributed by atoms with E-state index in [0.29, 0.717) is 31.8 Å². The van der Waals surface area contributed by atoms with Crippen molar-refractivity contribution in [2.24, 2.45) is 5.92 Å². The predicted octanol–water partition coefficient (Wildman–Crippen LogP) is 0.743. The lowest BCUT2D eigenvalue weighted by Crippen LogP contribution is -2.44. The normalized spacial score (nSPS) is 10.6. The van der Waals surface area contributed by atoms with Gasteiger partial charge in [-0.25, -0.2) is 4.79 Å². The number of imide groups is 1. The lowest BCUT2D eigenvalue weighted by Gasteiger charge is -2.15. The molecule has 0 aromatic heterocycles. The Morgan fingerprint density at radius 2 is 1.90 bits per heavy atom. The van der Waals surface area contributed by atoms with Gasteiger partial charge in [-0.2, -0.15) is 0 Å². The van der Waals surface area contributed by atoms with Gasteiger partial charge in [-0.1, -0.05) is 13.8 Å². The summed E-state index contributed by atoms with van der Waals surface area (Å²) in [7, 11) is 3.10. The molecule has 0 aromatic rings. The minimum atomic E-state index is -0.469. The van der Waals surface area contributed by atoms with E-state index in [2.05, 4.69) is 29.2 Å². The van der Waals surface area contributed by atoms with Crippen LogP contribution in [0.1, 0.15) is 33.1 Å². The number of ether oxygens (including phenoxy) is 1. The molecule has 0 aliphatic heterocycles. The van der Waals surface area contributed by atoms with Gasteiger partial charge in [0.25, 0.3) is 0 Å². The first kappa shape index (κ1) is 19.4. The van der Waals surface area contributed by atoms with Crippen LogP contribution in [0, 0.1) is 5.92 Å². The van der Waals surface area contributed by atoms with Crippen LogP contribution >= 0.6 is 0 Å². The van der Waals surface area contributed by atoms with Gasteiger partial charge >= 0.3 is 12.0 Å². The van der Waals surface area contributed by atoms with Crippen LogP contribution < -0.4 is 10.6 Å². The number of nitrogens with zero attached hydrogens (tertiary/aromatic N) is 1. The molecule has 0 heterocycles. The molecule has 0 saturated heterocycles. The van der Waals surface area contributed by atoms with Gasteiger partial charge in [0, 0.05) is 13.0 Å².